The monoisotopic (exact) mass is 431 g/mol. The Balaban J connectivity index is 1.74. The molecule has 5 nitrogen and oxygen atoms in total. The molecule has 0 amide bonds. The van der Waals surface area contributed by atoms with E-state index in [1.54, 1.807) is 6.92 Å². The lowest BCUT2D eigenvalue weighted by Crippen LogP contribution is -2.39. The van der Waals surface area contributed by atoms with Crippen molar-refractivity contribution in [2.45, 2.75) is 58.5 Å². The first-order valence-corrected chi connectivity index (χ1v) is 10.6. The van der Waals surface area contributed by atoms with E-state index in [1.807, 2.05) is 13.8 Å². The number of carbonyl (C=O) groups is 2. The van der Waals surface area contributed by atoms with Crippen LogP contribution in [-0.4, -0.2) is 31.1 Å². The maximum atomic E-state index is 14.1. The summed E-state index contributed by atoms with van der Waals surface area (Å²) >= 11 is 0. The summed E-state index contributed by atoms with van der Waals surface area (Å²) in [5.41, 5.74) is 2.07. The fourth-order valence-corrected chi connectivity index (χ4v) is 4.75. The lowest BCUT2D eigenvalue weighted by atomic mass is 9.68. The second kappa shape index (κ2) is 8.19. The van der Waals surface area contributed by atoms with Crippen LogP contribution in [0, 0.1) is 17.0 Å². The summed E-state index contributed by atoms with van der Waals surface area (Å²) in [4.78, 5) is 26.3. The number of esters is 1. The molecule has 1 saturated heterocycles. The van der Waals surface area contributed by atoms with Crippen LogP contribution in [0.4, 0.5) is 8.78 Å². The predicted octanol–water partition coefficient (Wildman–Crippen LogP) is 4.29. The first-order valence-electron chi connectivity index (χ1n) is 10.6. The molecule has 31 heavy (non-hydrogen) atoms. The largest absolute Gasteiger partial charge is 0.459 e. The molecule has 0 radical (unpaired) electrons. The minimum Gasteiger partial charge on any atom is -0.459 e. The molecular formula is C24H27F2NO4. The van der Waals surface area contributed by atoms with Gasteiger partial charge in [-0.2, -0.15) is 0 Å². The lowest BCUT2D eigenvalue weighted by Gasteiger charge is -2.39. The van der Waals surface area contributed by atoms with Gasteiger partial charge in [0.15, 0.2) is 17.4 Å². The summed E-state index contributed by atoms with van der Waals surface area (Å²) in [6.45, 7) is 6.52. The van der Waals surface area contributed by atoms with Crippen LogP contribution in [0.2, 0.25) is 0 Å². The molecule has 4 rings (SSSR count). The lowest BCUT2D eigenvalue weighted by molar-refractivity contribution is -0.142. The fraction of sp³-hybridized carbons (Fsp3) is 0.500. The third kappa shape index (κ3) is 4.28. The van der Waals surface area contributed by atoms with Gasteiger partial charge < -0.3 is 14.8 Å². The second-order valence-electron chi connectivity index (χ2n) is 9.34. The first kappa shape index (κ1) is 21.7. The molecule has 0 bridgehead atoms. The van der Waals surface area contributed by atoms with E-state index in [4.69, 9.17) is 9.47 Å². The van der Waals surface area contributed by atoms with Gasteiger partial charge in [-0.25, -0.2) is 13.6 Å². The number of ketones is 1. The first-order chi connectivity index (χ1) is 14.7. The van der Waals surface area contributed by atoms with Crippen LogP contribution < -0.4 is 5.32 Å². The molecule has 0 unspecified atom stereocenters. The number of dihydropyridines is 1. The number of hydrogen-bond acceptors (Lipinski definition) is 5. The number of hydrogen-bond donors (Lipinski definition) is 1. The Kier molecular flexibility index (Phi) is 5.73. The van der Waals surface area contributed by atoms with Crippen LogP contribution >= 0.6 is 0 Å². The number of benzene rings is 1. The number of nitrogens with one attached hydrogen (secondary N) is 1. The van der Waals surface area contributed by atoms with E-state index in [-0.39, 0.29) is 29.5 Å². The summed E-state index contributed by atoms with van der Waals surface area (Å²) in [6, 6.07) is 3.51. The topological polar surface area (TPSA) is 64.6 Å². The van der Waals surface area contributed by atoms with Crippen molar-refractivity contribution in [2.24, 2.45) is 5.41 Å². The number of Topliss-reactive ketones (excluding diaryl/α,β-unsaturated/α-hetero) is 1. The van der Waals surface area contributed by atoms with Crippen molar-refractivity contribution in [3.05, 3.63) is 57.9 Å². The molecule has 2 heterocycles. The maximum Gasteiger partial charge on any atom is 0.336 e. The normalized spacial score (nSPS) is 25.4. The van der Waals surface area contributed by atoms with Gasteiger partial charge in [-0.1, -0.05) is 19.9 Å². The van der Waals surface area contributed by atoms with Gasteiger partial charge in [0.2, 0.25) is 0 Å². The molecule has 2 aliphatic heterocycles. The van der Waals surface area contributed by atoms with Gasteiger partial charge in [0.1, 0.15) is 6.61 Å². The van der Waals surface area contributed by atoms with E-state index in [1.165, 1.54) is 6.07 Å². The van der Waals surface area contributed by atoms with E-state index in [0.29, 0.717) is 36.3 Å². The van der Waals surface area contributed by atoms with Gasteiger partial charge in [0, 0.05) is 35.9 Å². The molecule has 0 spiro atoms. The third-order valence-electron chi connectivity index (χ3n) is 6.16. The van der Waals surface area contributed by atoms with Crippen molar-refractivity contribution in [2.75, 3.05) is 13.2 Å². The Morgan fingerprint density at radius 2 is 2.03 bits per heavy atom. The van der Waals surface area contributed by atoms with Crippen molar-refractivity contribution in [1.29, 1.82) is 0 Å². The highest BCUT2D eigenvalue weighted by Crippen LogP contribution is 2.47. The Labute approximate surface area is 180 Å². The zero-order chi connectivity index (χ0) is 22.3. The van der Waals surface area contributed by atoms with Gasteiger partial charge in [0.25, 0.3) is 0 Å². The highest BCUT2D eigenvalue weighted by molar-refractivity contribution is 6.04. The fourth-order valence-electron chi connectivity index (χ4n) is 4.75. The van der Waals surface area contributed by atoms with Crippen LogP contribution in [0.15, 0.2) is 40.7 Å². The average Bonchev–Trinajstić information content (AvgIpc) is 3.20. The van der Waals surface area contributed by atoms with Crippen molar-refractivity contribution < 1.29 is 27.8 Å². The Morgan fingerprint density at radius 1 is 1.26 bits per heavy atom. The number of ether oxygens (including phenoxy) is 2. The minimum absolute atomic E-state index is 0.106. The molecule has 0 saturated carbocycles. The SMILES string of the molecule is CC1=C(C(=O)OC[C@H]2CCCO2)[C@@H](c2ccc(F)c(F)c2)C2=C(CC(C)(C)CC2=O)N1. The maximum absolute atomic E-state index is 14.1. The highest BCUT2D eigenvalue weighted by Gasteiger charge is 2.43. The number of carbonyl (C=O) groups excluding carboxylic acids is 2. The van der Waals surface area contributed by atoms with Gasteiger partial charge in [-0.15, -0.1) is 0 Å². The summed E-state index contributed by atoms with van der Waals surface area (Å²) in [6.07, 6.45) is 2.52. The van der Waals surface area contributed by atoms with Crippen LogP contribution in [-0.2, 0) is 19.1 Å². The molecular weight excluding hydrogens is 404 g/mol. The van der Waals surface area contributed by atoms with E-state index >= 15 is 0 Å². The van der Waals surface area contributed by atoms with Gasteiger partial charge >= 0.3 is 5.97 Å². The minimum atomic E-state index is -1.02. The highest BCUT2D eigenvalue weighted by atomic mass is 19.2. The van der Waals surface area contributed by atoms with Crippen LogP contribution in [0.1, 0.15) is 57.9 Å². The van der Waals surface area contributed by atoms with Crippen molar-refractivity contribution in [1.82, 2.24) is 5.32 Å². The standard InChI is InChI=1S/C24H27F2NO4/c1-13-20(23(29)31-12-15-5-4-8-30-15)21(14-6-7-16(25)17(26)9-14)22-18(27-13)10-24(2,3)11-19(22)28/h6-7,9,15,21,27H,4-5,8,10-12H2,1-3H3/t15-,21-/m1/s1. The van der Waals surface area contributed by atoms with Crippen molar-refractivity contribution >= 4 is 11.8 Å². The molecule has 1 aliphatic carbocycles. The summed E-state index contributed by atoms with van der Waals surface area (Å²) in [5, 5.41) is 3.23. The summed E-state index contributed by atoms with van der Waals surface area (Å²) in [5.74, 6) is -3.51. The molecule has 7 heteroatoms. The molecule has 166 valence electrons. The van der Waals surface area contributed by atoms with E-state index in [0.717, 1.165) is 30.7 Å². The zero-order valence-electron chi connectivity index (χ0n) is 18.0. The van der Waals surface area contributed by atoms with E-state index in [9.17, 15) is 18.4 Å². The molecule has 1 aromatic carbocycles. The van der Waals surface area contributed by atoms with Crippen LogP contribution in [0.5, 0.6) is 0 Å². The number of allylic oxidation sites excluding steroid dienone is 3. The Bertz CT molecular complexity index is 989. The summed E-state index contributed by atoms with van der Waals surface area (Å²) in [7, 11) is 0. The Hall–Kier alpha value is -2.54. The van der Waals surface area contributed by atoms with E-state index in [2.05, 4.69) is 5.32 Å². The average molecular weight is 431 g/mol. The molecule has 2 atom stereocenters. The van der Waals surface area contributed by atoms with Crippen molar-refractivity contribution in [3.8, 4) is 0 Å². The molecule has 1 fully saturated rings. The molecule has 3 aliphatic rings. The predicted molar refractivity (Wildman–Crippen MR) is 110 cm³/mol. The summed E-state index contributed by atoms with van der Waals surface area (Å²) < 4.78 is 38.8. The molecule has 1 aromatic rings. The molecule has 1 N–H and O–H groups in total. The zero-order valence-corrected chi connectivity index (χ0v) is 18.0. The van der Waals surface area contributed by atoms with Gasteiger partial charge in [-0.05, 0) is 49.3 Å². The van der Waals surface area contributed by atoms with Crippen molar-refractivity contribution in [3.63, 3.8) is 0 Å². The smallest absolute Gasteiger partial charge is 0.336 e. The van der Waals surface area contributed by atoms with Crippen LogP contribution in [0.25, 0.3) is 0 Å². The Morgan fingerprint density at radius 3 is 2.71 bits per heavy atom. The van der Waals surface area contributed by atoms with Crippen LogP contribution in [0.3, 0.4) is 0 Å². The van der Waals surface area contributed by atoms with E-state index < -0.39 is 23.5 Å². The molecule has 0 aromatic heterocycles. The number of halogens is 2. The quantitative estimate of drug-likeness (QED) is 0.721. The second-order valence-corrected chi connectivity index (χ2v) is 9.34. The van der Waals surface area contributed by atoms with Gasteiger partial charge in [0.05, 0.1) is 11.7 Å². The third-order valence-corrected chi connectivity index (χ3v) is 6.16. The van der Waals surface area contributed by atoms with Gasteiger partial charge in [-0.3, -0.25) is 4.79 Å². The number of rotatable bonds is 4.